The predicted molar refractivity (Wildman–Crippen MR) is 64.0 cm³/mol. The van der Waals surface area contributed by atoms with E-state index >= 15 is 0 Å². The molecule has 2 aromatic rings. The van der Waals surface area contributed by atoms with Crippen LogP contribution in [0.5, 0.6) is 0 Å². The summed E-state index contributed by atoms with van der Waals surface area (Å²) in [5, 5.41) is 1.32. The molecule has 0 bridgehead atoms. The van der Waals surface area contributed by atoms with Crippen molar-refractivity contribution >= 4 is 22.7 Å². The number of benzene rings is 1. The van der Waals surface area contributed by atoms with Crippen LogP contribution >= 0.6 is 11.8 Å². The van der Waals surface area contributed by atoms with Gasteiger partial charge in [0.1, 0.15) is 0 Å². The third-order valence-corrected chi connectivity index (χ3v) is 3.40. The third kappa shape index (κ3) is 1.58. The highest BCUT2D eigenvalue weighted by Crippen LogP contribution is 2.30. The number of hydrogen-bond acceptors (Lipinski definition) is 1. The minimum absolute atomic E-state index is 0.961. The van der Waals surface area contributed by atoms with Crippen molar-refractivity contribution in [2.24, 2.45) is 0 Å². The molecule has 0 unspecified atom stereocenters. The molecule has 1 N–H and O–H groups in total. The second kappa shape index (κ2) is 3.93. The minimum Gasteiger partial charge on any atom is -0.358 e. The Hall–Kier alpha value is -1.15. The number of thioether (sulfide) groups is 1. The van der Waals surface area contributed by atoms with Crippen LogP contribution in [0.1, 0.15) is 5.69 Å². The van der Waals surface area contributed by atoms with E-state index in [-0.39, 0.29) is 0 Å². The van der Waals surface area contributed by atoms with Crippen LogP contribution in [-0.2, 0) is 0 Å². The van der Waals surface area contributed by atoms with Crippen LogP contribution in [0.2, 0.25) is 0 Å². The topological polar surface area (TPSA) is 15.8 Å². The molecule has 0 aliphatic carbocycles. The fourth-order valence-corrected chi connectivity index (χ4v) is 2.46. The van der Waals surface area contributed by atoms with Crippen LogP contribution in [0, 0.1) is 6.92 Å². The van der Waals surface area contributed by atoms with Crippen LogP contribution in [0.15, 0.2) is 41.8 Å². The molecular formula is C12H13NS. The Bertz CT molecular complexity index is 456. The molecule has 2 heteroatoms. The van der Waals surface area contributed by atoms with Gasteiger partial charge in [-0.05, 0) is 13.0 Å². The Kier molecular flexibility index (Phi) is 2.64. The maximum Gasteiger partial charge on any atom is 0.0467 e. The zero-order valence-electron chi connectivity index (χ0n) is 8.21. The zero-order valence-corrected chi connectivity index (χ0v) is 9.03. The average Bonchev–Trinajstić information content (AvgIpc) is 2.51. The van der Waals surface area contributed by atoms with Crippen molar-refractivity contribution in [2.45, 2.75) is 11.8 Å². The smallest absolute Gasteiger partial charge is 0.0467 e. The Morgan fingerprint density at radius 3 is 3.00 bits per heavy atom. The fourth-order valence-electron chi connectivity index (χ4n) is 1.58. The molecule has 0 aliphatic heterocycles. The van der Waals surface area contributed by atoms with Crippen molar-refractivity contribution in [2.75, 3.05) is 5.75 Å². The van der Waals surface area contributed by atoms with E-state index in [1.54, 1.807) is 0 Å². The summed E-state index contributed by atoms with van der Waals surface area (Å²) < 4.78 is 0. The molecule has 0 radical (unpaired) electrons. The molecule has 1 aromatic heterocycles. The van der Waals surface area contributed by atoms with Crippen LogP contribution in [0.4, 0.5) is 0 Å². The molecule has 2 rings (SSSR count). The van der Waals surface area contributed by atoms with E-state index in [0.29, 0.717) is 0 Å². The lowest BCUT2D eigenvalue weighted by atomic mass is 10.2. The van der Waals surface area contributed by atoms with Crippen LogP contribution in [0.25, 0.3) is 10.9 Å². The van der Waals surface area contributed by atoms with E-state index in [1.807, 2.05) is 17.8 Å². The molecule has 1 aromatic carbocycles. The first kappa shape index (κ1) is 9.41. The molecule has 0 saturated carbocycles. The summed E-state index contributed by atoms with van der Waals surface area (Å²) in [6, 6.07) is 8.40. The van der Waals surface area contributed by atoms with Crippen LogP contribution < -0.4 is 0 Å². The average molecular weight is 203 g/mol. The number of para-hydroxylation sites is 1. The van der Waals surface area contributed by atoms with Crippen molar-refractivity contribution in [1.82, 2.24) is 4.98 Å². The van der Waals surface area contributed by atoms with Gasteiger partial charge in [0.05, 0.1) is 0 Å². The van der Waals surface area contributed by atoms with Crippen molar-refractivity contribution in [3.8, 4) is 0 Å². The summed E-state index contributed by atoms with van der Waals surface area (Å²) in [7, 11) is 0. The molecule has 0 aliphatic rings. The lowest BCUT2D eigenvalue weighted by Gasteiger charge is -1.97. The number of aromatic amines is 1. The van der Waals surface area contributed by atoms with Gasteiger partial charge >= 0.3 is 0 Å². The Morgan fingerprint density at radius 2 is 2.21 bits per heavy atom. The fraction of sp³-hybridized carbons (Fsp3) is 0.167. The Morgan fingerprint density at radius 1 is 1.43 bits per heavy atom. The maximum absolute atomic E-state index is 3.74. The quantitative estimate of drug-likeness (QED) is 0.593. The number of aryl methyl sites for hydroxylation is 1. The summed E-state index contributed by atoms with van der Waals surface area (Å²) in [5.74, 6) is 0.961. The molecule has 14 heavy (non-hydrogen) atoms. The van der Waals surface area contributed by atoms with Crippen molar-refractivity contribution in [3.63, 3.8) is 0 Å². The van der Waals surface area contributed by atoms with Crippen LogP contribution in [0.3, 0.4) is 0 Å². The molecule has 0 atom stereocenters. The monoisotopic (exact) mass is 203 g/mol. The zero-order chi connectivity index (χ0) is 9.97. The minimum atomic E-state index is 0.961. The molecular weight excluding hydrogens is 190 g/mol. The number of aromatic nitrogens is 1. The lowest BCUT2D eigenvalue weighted by Crippen LogP contribution is -1.75. The summed E-state index contributed by atoms with van der Waals surface area (Å²) in [6.45, 7) is 5.86. The van der Waals surface area contributed by atoms with Gasteiger partial charge in [0.15, 0.2) is 0 Å². The van der Waals surface area contributed by atoms with Gasteiger partial charge in [0.25, 0.3) is 0 Å². The van der Waals surface area contributed by atoms with Gasteiger partial charge in [0, 0.05) is 27.2 Å². The highest BCUT2D eigenvalue weighted by Gasteiger charge is 2.06. The van der Waals surface area contributed by atoms with E-state index in [2.05, 4.69) is 42.8 Å². The SMILES string of the molecule is C=CCSc1c(C)[nH]c2ccccc12. The third-order valence-electron chi connectivity index (χ3n) is 2.18. The first-order chi connectivity index (χ1) is 6.83. The number of fused-ring (bicyclic) bond motifs is 1. The van der Waals surface area contributed by atoms with E-state index in [4.69, 9.17) is 0 Å². The second-order valence-corrected chi connectivity index (χ2v) is 4.25. The lowest BCUT2D eigenvalue weighted by molar-refractivity contribution is 1.23. The van der Waals surface area contributed by atoms with Gasteiger partial charge in [0.2, 0.25) is 0 Å². The van der Waals surface area contributed by atoms with E-state index in [1.165, 1.54) is 21.5 Å². The van der Waals surface area contributed by atoms with E-state index in [9.17, 15) is 0 Å². The van der Waals surface area contributed by atoms with Crippen molar-refractivity contribution in [3.05, 3.63) is 42.6 Å². The largest absolute Gasteiger partial charge is 0.358 e. The summed E-state index contributed by atoms with van der Waals surface area (Å²) >= 11 is 1.83. The molecule has 0 fully saturated rings. The first-order valence-electron chi connectivity index (χ1n) is 4.64. The Labute approximate surface area is 88.2 Å². The summed E-state index contributed by atoms with van der Waals surface area (Å²) in [4.78, 5) is 4.73. The number of rotatable bonds is 3. The number of hydrogen-bond donors (Lipinski definition) is 1. The molecule has 1 nitrogen and oxygen atoms in total. The van der Waals surface area contributed by atoms with Gasteiger partial charge in [-0.2, -0.15) is 0 Å². The van der Waals surface area contributed by atoms with Gasteiger partial charge in [-0.15, -0.1) is 18.3 Å². The molecule has 0 spiro atoms. The standard InChI is InChI=1S/C12H13NS/c1-3-8-14-12-9(2)13-11-7-5-4-6-10(11)12/h3-7,13H,1,8H2,2H3. The number of nitrogens with one attached hydrogen (secondary N) is 1. The van der Waals surface area contributed by atoms with Gasteiger partial charge in [-0.25, -0.2) is 0 Å². The van der Waals surface area contributed by atoms with Crippen molar-refractivity contribution in [1.29, 1.82) is 0 Å². The molecule has 72 valence electrons. The summed E-state index contributed by atoms with van der Waals surface area (Å²) in [5.41, 5.74) is 2.47. The molecule has 0 saturated heterocycles. The highest BCUT2D eigenvalue weighted by molar-refractivity contribution is 7.99. The normalized spacial score (nSPS) is 10.6. The second-order valence-electron chi connectivity index (χ2n) is 3.22. The molecule has 1 heterocycles. The maximum atomic E-state index is 3.74. The van der Waals surface area contributed by atoms with Gasteiger partial charge in [-0.1, -0.05) is 24.3 Å². The van der Waals surface area contributed by atoms with Gasteiger partial charge in [-0.3, -0.25) is 0 Å². The number of H-pyrrole nitrogens is 1. The van der Waals surface area contributed by atoms with Crippen molar-refractivity contribution < 1.29 is 0 Å². The van der Waals surface area contributed by atoms with E-state index in [0.717, 1.165) is 5.75 Å². The molecule has 0 amide bonds. The highest BCUT2D eigenvalue weighted by atomic mass is 32.2. The first-order valence-corrected chi connectivity index (χ1v) is 5.62. The van der Waals surface area contributed by atoms with Gasteiger partial charge < -0.3 is 4.98 Å². The summed E-state index contributed by atoms with van der Waals surface area (Å²) in [6.07, 6.45) is 1.94. The van der Waals surface area contributed by atoms with Crippen LogP contribution in [-0.4, -0.2) is 10.7 Å². The predicted octanol–water partition coefficient (Wildman–Crippen LogP) is 3.75. The Balaban J connectivity index is 2.50. The van der Waals surface area contributed by atoms with E-state index < -0.39 is 0 Å².